The molecule has 1 fully saturated rings. The maximum atomic E-state index is 12.7. The molecule has 25 heavy (non-hydrogen) atoms. The second-order valence-corrected chi connectivity index (χ2v) is 5.65. The van der Waals surface area contributed by atoms with Gasteiger partial charge in [0.05, 0.1) is 18.2 Å². The fourth-order valence-corrected chi connectivity index (χ4v) is 2.77. The molecule has 1 aliphatic heterocycles. The Labute approximate surface area is 145 Å². The number of benzene rings is 1. The Kier molecular flexibility index (Phi) is 4.87. The molecule has 1 saturated heterocycles. The van der Waals surface area contributed by atoms with Crippen molar-refractivity contribution in [2.45, 2.75) is 18.9 Å². The van der Waals surface area contributed by atoms with Gasteiger partial charge in [-0.3, -0.25) is 4.79 Å². The Bertz CT molecular complexity index is 868. The van der Waals surface area contributed by atoms with Gasteiger partial charge in [-0.1, -0.05) is 6.07 Å². The van der Waals surface area contributed by atoms with Crippen LogP contribution in [0.5, 0.6) is 5.88 Å². The molecule has 3 rings (SSSR count). The first-order valence-corrected chi connectivity index (χ1v) is 7.88. The number of likely N-dealkylation sites (tertiary alicyclic amines) is 1. The molecule has 0 bridgehead atoms. The molecule has 2 heterocycles. The van der Waals surface area contributed by atoms with Gasteiger partial charge in [0, 0.05) is 24.5 Å². The highest BCUT2D eigenvalue weighted by Crippen LogP contribution is 2.20. The zero-order chi connectivity index (χ0) is 17.6. The minimum Gasteiger partial charge on any atom is -0.470 e. The van der Waals surface area contributed by atoms with Crippen LogP contribution in [0.15, 0.2) is 36.7 Å². The van der Waals surface area contributed by atoms with Crippen molar-refractivity contribution in [1.29, 1.82) is 10.5 Å². The maximum Gasteiger partial charge on any atom is 0.254 e. The number of aromatic nitrogens is 2. The van der Waals surface area contributed by atoms with Gasteiger partial charge >= 0.3 is 0 Å². The molecule has 1 aromatic heterocycles. The molecule has 2 aromatic rings. The van der Waals surface area contributed by atoms with Crippen molar-refractivity contribution in [2.75, 3.05) is 13.1 Å². The van der Waals surface area contributed by atoms with E-state index in [0.717, 1.165) is 12.8 Å². The van der Waals surface area contributed by atoms with Gasteiger partial charge in [-0.25, -0.2) is 9.97 Å². The number of hydrogen-bond donors (Lipinski definition) is 0. The number of hydrogen-bond acceptors (Lipinski definition) is 6. The molecule has 1 amide bonds. The molecule has 0 N–H and O–H groups in total. The average Bonchev–Trinajstić information content (AvgIpc) is 2.68. The van der Waals surface area contributed by atoms with Gasteiger partial charge in [0.15, 0.2) is 0 Å². The van der Waals surface area contributed by atoms with Crippen LogP contribution in [0.4, 0.5) is 0 Å². The van der Waals surface area contributed by atoms with Gasteiger partial charge < -0.3 is 9.64 Å². The fraction of sp³-hybridized carbons (Fsp3) is 0.278. The summed E-state index contributed by atoms with van der Waals surface area (Å²) in [6, 6.07) is 10.6. The van der Waals surface area contributed by atoms with Crippen molar-refractivity contribution in [3.8, 4) is 18.0 Å². The summed E-state index contributed by atoms with van der Waals surface area (Å²) in [5.41, 5.74) is 1.07. The summed E-state index contributed by atoms with van der Waals surface area (Å²) in [6.45, 7) is 1.03. The number of ether oxygens (including phenoxy) is 1. The van der Waals surface area contributed by atoms with Crippen LogP contribution in [-0.2, 0) is 0 Å². The lowest BCUT2D eigenvalue weighted by Gasteiger charge is -2.32. The van der Waals surface area contributed by atoms with Crippen molar-refractivity contribution in [3.63, 3.8) is 0 Å². The minimum absolute atomic E-state index is 0.132. The molecule has 0 radical (unpaired) electrons. The molecule has 7 nitrogen and oxygen atoms in total. The van der Waals surface area contributed by atoms with Gasteiger partial charge in [-0.05, 0) is 31.0 Å². The van der Waals surface area contributed by atoms with E-state index in [0.29, 0.717) is 24.2 Å². The smallest absolute Gasteiger partial charge is 0.254 e. The van der Waals surface area contributed by atoms with Gasteiger partial charge in [-0.15, -0.1) is 0 Å². The number of nitrogens with zero attached hydrogens (tertiary/aromatic N) is 5. The van der Waals surface area contributed by atoms with Crippen LogP contribution >= 0.6 is 0 Å². The lowest BCUT2D eigenvalue weighted by atomic mass is 10.1. The molecule has 1 atom stereocenters. The van der Waals surface area contributed by atoms with Crippen molar-refractivity contribution < 1.29 is 9.53 Å². The molecule has 0 aliphatic carbocycles. The van der Waals surface area contributed by atoms with E-state index in [9.17, 15) is 4.79 Å². The van der Waals surface area contributed by atoms with E-state index in [1.54, 1.807) is 29.2 Å². The van der Waals surface area contributed by atoms with E-state index in [1.165, 1.54) is 12.4 Å². The van der Waals surface area contributed by atoms with E-state index in [1.807, 2.05) is 12.1 Å². The molecule has 1 unspecified atom stereocenters. The quantitative estimate of drug-likeness (QED) is 0.850. The molecule has 124 valence electrons. The monoisotopic (exact) mass is 333 g/mol. The van der Waals surface area contributed by atoms with Crippen molar-refractivity contribution >= 4 is 5.91 Å². The van der Waals surface area contributed by atoms with Crippen molar-refractivity contribution in [3.05, 3.63) is 53.5 Å². The Hall–Kier alpha value is -3.45. The third-order valence-corrected chi connectivity index (χ3v) is 3.95. The Morgan fingerprint density at radius 1 is 1.24 bits per heavy atom. The zero-order valence-corrected chi connectivity index (χ0v) is 13.4. The lowest BCUT2D eigenvalue weighted by Crippen LogP contribution is -2.44. The van der Waals surface area contributed by atoms with Gasteiger partial charge in [0.1, 0.15) is 12.2 Å². The summed E-state index contributed by atoms with van der Waals surface area (Å²) in [5, 5.41) is 18.0. The number of piperidine rings is 1. The summed E-state index contributed by atoms with van der Waals surface area (Å²) in [5.74, 6) is 0.0563. The van der Waals surface area contributed by atoms with Crippen LogP contribution in [0.3, 0.4) is 0 Å². The highest BCUT2D eigenvalue weighted by Gasteiger charge is 2.26. The number of rotatable bonds is 3. The van der Waals surface area contributed by atoms with Crippen LogP contribution in [0, 0.1) is 22.7 Å². The lowest BCUT2D eigenvalue weighted by molar-refractivity contribution is 0.0526. The largest absolute Gasteiger partial charge is 0.470 e. The normalized spacial score (nSPS) is 16.6. The molecule has 7 heteroatoms. The third-order valence-electron chi connectivity index (χ3n) is 3.95. The summed E-state index contributed by atoms with van der Waals surface area (Å²) < 4.78 is 5.80. The molecule has 1 aliphatic rings. The van der Waals surface area contributed by atoms with Crippen molar-refractivity contribution in [2.24, 2.45) is 0 Å². The summed E-state index contributed by atoms with van der Waals surface area (Å²) in [4.78, 5) is 22.3. The van der Waals surface area contributed by atoms with Gasteiger partial charge in [-0.2, -0.15) is 10.5 Å². The van der Waals surface area contributed by atoms with Crippen LogP contribution in [0.2, 0.25) is 0 Å². The highest BCUT2D eigenvalue weighted by atomic mass is 16.5. The Morgan fingerprint density at radius 3 is 2.88 bits per heavy atom. The van der Waals surface area contributed by atoms with Crippen LogP contribution in [0.25, 0.3) is 0 Å². The standard InChI is InChI=1S/C18H15N5O2/c19-10-13-3-1-4-14(9-13)18(24)23-8-2-5-15(12-23)25-17-16(11-20)21-6-7-22-17/h1,3-4,6-7,9,15H,2,5,8,12H2. The van der Waals surface area contributed by atoms with Crippen LogP contribution in [0.1, 0.15) is 34.5 Å². The Morgan fingerprint density at radius 2 is 2.08 bits per heavy atom. The molecular weight excluding hydrogens is 318 g/mol. The summed E-state index contributed by atoms with van der Waals surface area (Å²) >= 11 is 0. The van der Waals surface area contributed by atoms with Gasteiger partial charge in [0.25, 0.3) is 11.8 Å². The first-order chi connectivity index (χ1) is 12.2. The zero-order valence-electron chi connectivity index (χ0n) is 13.4. The molecule has 1 aromatic carbocycles. The number of amides is 1. The van der Waals surface area contributed by atoms with E-state index < -0.39 is 0 Å². The van der Waals surface area contributed by atoms with E-state index in [2.05, 4.69) is 9.97 Å². The van der Waals surface area contributed by atoms with Crippen LogP contribution < -0.4 is 4.74 Å². The van der Waals surface area contributed by atoms with Crippen molar-refractivity contribution in [1.82, 2.24) is 14.9 Å². The average molecular weight is 333 g/mol. The Balaban J connectivity index is 1.71. The van der Waals surface area contributed by atoms with E-state index in [-0.39, 0.29) is 23.6 Å². The number of carbonyl (C=O) groups is 1. The minimum atomic E-state index is -0.249. The highest BCUT2D eigenvalue weighted by molar-refractivity contribution is 5.94. The number of carbonyl (C=O) groups excluding carboxylic acids is 1. The predicted octanol–water partition coefficient (Wildman–Crippen LogP) is 1.90. The van der Waals surface area contributed by atoms with Gasteiger partial charge in [0.2, 0.25) is 5.69 Å². The summed E-state index contributed by atoms with van der Waals surface area (Å²) in [7, 11) is 0. The predicted molar refractivity (Wildman–Crippen MR) is 87.5 cm³/mol. The number of nitriles is 2. The third kappa shape index (κ3) is 3.73. The SMILES string of the molecule is N#Cc1cccc(C(=O)N2CCCC(Oc3nccnc3C#N)C2)c1. The summed E-state index contributed by atoms with van der Waals surface area (Å²) in [6.07, 6.45) is 4.21. The first kappa shape index (κ1) is 16.4. The fourth-order valence-electron chi connectivity index (χ4n) is 2.77. The second-order valence-electron chi connectivity index (χ2n) is 5.65. The molecular formula is C18H15N5O2. The van der Waals surface area contributed by atoms with Crippen LogP contribution in [-0.4, -0.2) is 40.0 Å². The molecule has 0 spiro atoms. The van der Waals surface area contributed by atoms with E-state index >= 15 is 0 Å². The molecule has 0 saturated carbocycles. The topological polar surface area (TPSA) is 103 Å². The second kappa shape index (κ2) is 7.41. The first-order valence-electron chi connectivity index (χ1n) is 7.88. The maximum absolute atomic E-state index is 12.7. The van der Waals surface area contributed by atoms with E-state index in [4.69, 9.17) is 15.3 Å².